The summed E-state index contributed by atoms with van der Waals surface area (Å²) in [5.41, 5.74) is 6.94. The van der Waals surface area contributed by atoms with Crippen LogP contribution >= 0.6 is 23.2 Å². The predicted molar refractivity (Wildman–Crippen MR) is 87.5 cm³/mol. The molecule has 3 rings (SSSR count). The summed E-state index contributed by atoms with van der Waals surface area (Å²) in [4.78, 5) is 24.2. The lowest BCUT2D eigenvalue weighted by atomic mass is 9.73. The van der Waals surface area contributed by atoms with Crippen LogP contribution in [-0.2, 0) is 17.6 Å². The highest BCUT2D eigenvalue weighted by molar-refractivity contribution is 6.45. The Morgan fingerprint density at radius 1 is 1.32 bits per heavy atom. The summed E-state index contributed by atoms with van der Waals surface area (Å²) < 4.78 is 0. The zero-order valence-electron chi connectivity index (χ0n) is 12.5. The van der Waals surface area contributed by atoms with Crippen molar-refractivity contribution in [3.63, 3.8) is 0 Å². The van der Waals surface area contributed by atoms with Gasteiger partial charge < -0.3 is 5.73 Å². The lowest BCUT2D eigenvalue weighted by molar-refractivity contribution is -0.117. The highest BCUT2D eigenvalue weighted by Crippen LogP contribution is 2.51. The molecule has 0 spiro atoms. The van der Waals surface area contributed by atoms with Gasteiger partial charge in [0.05, 0.1) is 16.5 Å². The van der Waals surface area contributed by atoms with Crippen LogP contribution < -0.4 is 5.73 Å². The molecule has 1 fully saturated rings. The SMILES string of the molecule is CC1(C2CCCC2)Cc2cc(CC(N)=O)c(Cl)c(Cl)c2C1=O. The normalized spacial score (nSPS) is 24.8. The van der Waals surface area contributed by atoms with E-state index in [0.717, 1.165) is 18.4 Å². The van der Waals surface area contributed by atoms with Crippen molar-refractivity contribution in [1.29, 1.82) is 0 Å². The lowest BCUT2D eigenvalue weighted by Gasteiger charge is -2.29. The van der Waals surface area contributed by atoms with Gasteiger partial charge in [0.15, 0.2) is 5.78 Å². The molecule has 0 heterocycles. The molecular formula is C17H19Cl2NO2. The Morgan fingerprint density at radius 2 is 1.95 bits per heavy atom. The Hall–Kier alpha value is -1.06. The van der Waals surface area contributed by atoms with Crippen LogP contribution in [0.15, 0.2) is 6.07 Å². The molecule has 22 heavy (non-hydrogen) atoms. The summed E-state index contributed by atoms with van der Waals surface area (Å²) in [6.45, 7) is 2.04. The van der Waals surface area contributed by atoms with Crippen molar-refractivity contribution in [3.05, 3.63) is 32.8 Å². The largest absolute Gasteiger partial charge is 0.369 e. The maximum Gasteiger partial charge on any atom is 0.221 e. The third-order valence-corrected chi connectivity index (χ3v) is 6.19. The van der Waals surface area contributed by atoms with Gasteiger partial charge in [-0.1, -0.05) is 49.0 Å². The van der Waals surface area contributed by atoms with Gasteiger partial charge in [-0.3, -0.25) is 9.59 Å². The molecule has 2 N–H and O–H groups in total. The molecule has 5 heteroatoms. The number of carbonyl (C=O) groups is 2. The number of hydrogen-bond donors (Lipinski definition) is 1. The zero-order chi connectivity index (χ0) is 16.1. The number of fused-ring (bicyclic) bond motifs is 1. The van der Waals surface area contributed by atoms with Crippen molar-refractivity contribution in [1.82, 2.24) is 0 Å². The van der Waals surface area contributed by atoms with Crippen LogP contribution in [0.5, 0.6) is 0 Å². The summed E-state index contributed by atoms with van der Waals surface area (Å²) in [6.07, 6.45) is 5.27. The number of ketones is 1. The minimum absolute atomic E-state index is 0.0418. The van der Waals surface area contributed by atoms with E-state index in [1.54, 1.807) is 0 Å². The Bertz CT molecular complexity index is 665. The molecule has 1 aromatic carbocycles. The van der Waals surface area contributed by atoms with Gasteiger partial charge in [0.25, 0.3) is 0 Å². The van der Waals surface area contributed by atoms with Gasteiger partial charge in [-0.15, -0.1) is 0 Å². The second kappa shape index (κ2) is 5.54. The Labute approximate surface area is 140 Å². The lowest BCUT2D eigenvalue weighted by Crippen LogP contribution is -2.32. The maximum atomic E-state index is 13.0. The fourth-order valence-electron chi connectivity index (χ4n) is 4.09. The zero-order valence-corrected chi connectivity index (χ0v) is 14.1. The van der Waals surface area contributed by atoms with E-state index in [1.165, 1.54) is 12.8 Å². The number of halogens is 2. The number of nitrogens with two attached hydrogens (primary N) is 1. The Morgan fingerprint density at radius 3 is 2.55 bits per heavy atom. The number of primary amides is 1. The van der Waals surface area contributed by atoms with Gasteiger partial charge in [0.2, 0.25) is 5.91 Å². The standard InChI is InChI=1S/C17H19Cl2NO2/c1-17(11-4-2-3-5-11)8-10-6-9(7-12(20)21)14(18)15(19)13(10)16(17)22/h6,11H,2-5,7-8H2,1H3,(H2,20,21). The molecule has 1 unspecified atom stereocenters. The summed E-state index contributed by atoms with van der Waals surface area (Å²) in [5.74, 6) is 0.0505. The van der Waals surface area contributed by atoms with E-state index in [2.05, 4.69) is 0 Å². The van der Waals surface area contributed by atoms with E-state index in [9.17, 15) is 9.59 Å². The molecule has 1 amide bonds. The molecule has 0 aromatic heterocycles. The third kappa shape index (κ3) is 2.35. The van der Waals surface area contributed by atoms with E-state index < -0.39 is 11.3 Å². The second-order valence-electron chi connectivity index (χ2n) is 6.75. The highest BCUT2D eigenvalue weighted by Gasteiger charge is 2.49. The first-order chi connectivity index (χ1) is 10.3. The molecule has 1 aromatic rings. The molecule has 2 aliphatic rings. The fourth-order valence-corrected chi connectivity index (χ4v) is 4.64. The second-order valence-corrected chi connectivity index (χ2v) is 7.50. The Balaban J connectivity index is 2.05. The summed E-state index contributed by atoms with van der Waals surface area (Å²) in [6, 6.07) is 1.84. The molecule has 1 atom stereocenters. The fraction of sp³-hybridized carbons (Fsp3) is 0.529. The number of carbonyl (C=O) groups excluding carboxylic acids is 2. The van der Waals surface area contributed by atoms with Crippen LogP contribution in [0.1, 0.15) is 54.1 Å². The number of rotatable bonds is 3. The monoisotopic (exact) mass is 339 g/mol. The smallest absolute Gasteiger partial charge is 0.221 e. The molecule has 2 aliphatic carbocycles. The van der Waals surface area contributed by atoms with E-state index in [1.807, 2.05) is 13.0 Å². The van der Waals surface area contributed by atoms with Gasteiger partial charge in [-0.05, 0) is 36.3 Å². The summed E-state index contributed by atoms with van der Waals surface area (Å²) in [5, 5.41) is 0.561. The summed E-state index contributed by atoms with van der Waals surface area (Å²) in [7, 11) is 0. The van der Waals surface area contributed by atoms with E-state index in [-0.39, 0.29) is 22.2 Å². The topological polar surface area (TPSA) is 60.2 Å². The molecule has 0 aliphatic heterocycles. The highest BCUT2D eigenvalue weighted by atomic mass is 35.5. The third-order valence-electron chi connectivity index (χ3n) is 5.29. The average molecular weight is 340 g/mol. The van der Waals surface area contributed by atoms with Gasteiger partial charge in [-0.25, -0.2) is 0 Å². The molecular weight excluding hydrogens is 321 g/mol. The Kier molecular flexibility index (Phi) is 3.98. The van der Waals surface area contributed by atoms with Gasteiger partial charge >= 0.3 is 0 Å². The molecule has 3 nitrogen and oxygen atoms in total. The van der Waals surface area contributed by atoms with Crippen molar-refractivity contribution >= 4 is 34.9 Å². The van der Waals surface area contributed by atoms with E-state index in [4.69, 9.17) is 28.9 Å². The molecule has 1 saturated carbocycles. The number of hydrogen-bond acceptors (Lipinski definition) is 2. The van der Waals surface area contributed by atoms with Crippen molar-refractivity contribution in [3.8, 4) is 0 Å². The maximum absolute atomic E-state index is 13.0. The van der Waals surface area contributed by atoms with Crippen LogP contribution in [0.3, 0.4) is 0 Å². The van der Waals surface area contributed by atoms with Gasteiger partial charge in [-0.2, -0.15) is 0 Å². The average Bonchev–Trinajstić information content (AvgIpc) is 3.05. The van der Waals surface area contributed by atoms with Crippen LogP contribution in [0, 0.1) is 11.3 Å². The van der Waals surface area contributed by atoms with Crippen LogP contribution in [0.25, 0.3) is 0 Å². The van der Waals surface area contributed by atoms with Gasteiger partial charge in [0, 0.05) is 11.0 Å². The van der Waals surface area contributed by atoms with Crippen molar-refractivity contribution in [2.75, 3.05) is 0 Å². The van der Waals surface area contributed by atoms with E-state index >= 15 is 0 Å². The first-order valence-corrected chi connectivity index (χ1v) is 8.43. The number of benzene rings is 1. The molecule has 0 bridgehead atoms. The van der Waals surface area contributed by atoms with Crippen molar-refractivity contribution < 1.29 is 9.59 Å². The predicted octanol–water partition coefficient (Wildman–Crippen LogP) is 3.96. The molecule has 0 saturated heterocycles. The first kappa shape index (κ1) is 15.8. The molecule has 118 valence electrons. The quantitative estimate of drug-likeness (QED) is 0.905. The van der Waals surface area contributed by atoms with Crippen LogP contribution in [-0.4, -0.2) is 11.7 Å². The number of Topliss-reactive ketones (excluding diaryl/α,β-unsaturated/α-hetero) is 1. The first-order valence-electron chi connectivity index (χ1n) is 7.67. The minimum atomic E-state index is -0.458. The van der Waals surface area contributed by atoms with E-state index in [0.29, 0.717) is 23.5 Å². The van der Waals surface area contributed by atoms with Crippen LogP contribution in [0.2, 0.25) is 10.0 Å². The van der Waals surface area contributed by atoms with Crippen LogP contribution in [0.4, 0.5) is 0 Å². The van der Waals surface area contributed by atoms with Crippen molar-refractivity contribution in [2.45, 2.75) is 45.4 Å². The summed E-state index contributed by atoms with van der Waals surface area (Å²) >= 11 is 12.6. The molecule has 0 radical (unpaired) electrons. The minimum Gasteiger partial charge on any atom is -0.369 e. The van der Waals surface area contributed by atoms with Crippen molar-refractivity contribution in [2.24, 2.45) is 17.1 Å². The number of amides is 1. The van der Waals surface area contributed by atoms with Gasteiger partial charge in [0.1, 0.15) is 0 Å².